The van der Waals surface area contributed by atoms with E-state index in [1.165, 1.54) is 5.56 Å². The molecule has 1 aliphatic rings. The number of benzene rings is 1. The molecular formula is C18H28N2O2. The first-order chi connectivity index (χ1) is 10.8. The van der Waals surface area contributed by atoms with Gasteiger partial charge in [-0.25, -0.2) is 0 Å². The topological polar surface area (TPSA) is 41.6 Å². The lowest BCUT2D eigenvalue weighted by Gasteiger charge is -2.16. The molecule has 1 heterocycles. The molecular weight excluding hydrogens is 276 g/mol. The molecule has 1 aromatic rings. The fraction of sp³-hybridized carbons (Fsp3) is 0.611. The predicted octanol–water partition coefficient (Wildman–Crippen LogP) is 2.24. The van der Waals surface area contributed by atoms with Crippen molar-refractivity contribution in [2.75, 3.05) is 33.3 Å². The maximum atomic E-state index is 12.0. The Morgan fingerprint density at radius 1 is 1.32 bits per heavy atom. The van der Waals surface area contributed by atoms with E-state index in [1.54, 1.807) is 0 Å². The Hall–Kier alpha value is -1.39. The van der Waals surface area contributed by atoms with E-state index in [0.717, 1.165) is 51.9 Å². The zero-order valence-electron chi connectivity index (χ0n) is 13.6. The fourth-order valence-electron chi connectivity index (χ4n) is 2.84. The number of nitrogens with zero attached hydrogens (tertiary/aromatic N) is 1. The van der Waals surface area contributed by atoms with E-state index in [2.05, 4.69) is 29.6 Å². The lowest BCUT2D eigenvalue weighted by atomic mass is 10.1. The highest BCUT2D eigenvalue weighted by Crippen LogP contribution is 2.15. The first-order valence-corrected chi connectivity index (χ1v) is 8.37. The Labute approximate surface area is 133 Å². The molecule has 1 unspecified atom stereocenters. The summed E-state index contributed by atoms with van der Waals surface area (Å²) in [7, 11) is 1.92. The van der Waals surface area contributed by atoms with Crippen LogP contribution in [0.4, 0.5) is 0 Å². The second-order valence-electron chi connectivity index (χ2n) is 5.92. The van der Waals surface area contributed by atoms with Gasteiger partial charge in [0.1, 0.15) is 0 Å². The number of aryl methyl sites for hydroxylation is 1. The smallest absolute Gasteiger partial charge is 0.222 e. The Morgan fingerprint density at radius 3 is 2.91 bits per heavy atom. The summed E-state index contributed by atoms with van der Waals surface area (Å²) in [6.07, 6.45) is 4.85. The average molecular weight is 304 g/mol. The van der Waals surface area contributed by atoms with Crippen LogP contribution in [-0.4, -0.2) is 50.2 Å². The molecule has 0 aromatic heterocycles. The van der Waals surface area contributed by atoms with Gasteiger partial charge in [-0.3, -0.25) is 4.79 Å². The fourth-order valence-corrected chi connectivity index (χ4v) is 2.84. The van der Waals surface area contributed by atoms with Crippen LogP contribution in [0, 0.1) is 0 Å². The van der Waals surface area contributed by atoms with Crippen LogP contribution < -0.4 is 5.32 Å². The first kappa shape index (κ1) is 17.0. The Kier molecular flexibility index (Phi) is 7.40. The first-order valence-electron chi connectivity index (χ1n) is 8.37. The highest BCUT2D eigenvalue weighted by molar-refractivity contribution is 5.76. The summed E-state index contributed by atoms with van der Waals surface area (Å²) in [5.74, 6) is 0.269. The minimum Gasteiger partial charge on any atom is -0.376 e. The Bertz CT molecular complexity index is 436. The van der Waals surface area contributed by atoms with Gasteiger partial charge in [-0.15, -0.1) is 0 Å². The number of nitrogens with one attached hydrogen (secondary N) is 1. The molecule has 0 bridgehead atoms. The van der Waals surface area contributed by atoms with E-state index in [1.807, 2.05) is 18.0 Å². The molecule has 0 radical (unpaired) electrons. The second kappa shape index (κ2) is 9.59. The summed E-state index contributed by atoms with van der Waals surface area (Å²) in [5, 5.41) is 3.07. The van der Waals surface area contributed by atoms with Crippen molar-refractivity contribution in [1.82, 2.24) is 10.2 Å². The van der Waals surface area contributed by atoms with Crippen molar-refractivity contribution in [2.24, 2.45) is 0 Å². The number of ether oxygens (including phenoxy) is 1. The van der Waals surface area contributed by atoms with Crippen LogP contribution in [0.2, 0.25) is 0 Å². The van der Waals surface area contributed by atoms with Gasteiger partial charge in [0, 0.05) is 26.1 Å². The van der Waals surface area contributed by atoms with Gasteiger partial charge in [-0.2, -0.15) is 0 Å². The van der Waals surface area contributed by atoms with Gasteiger partial charge in [-0.1, -0.05) is 30.3 Å². The van der Waals surface area contributed by atoms with Crippen molar-refractivity contribution in [3.63, 3.8) is 0 Å². The van der Waals surface area contributed by atoms with Crippen molar-refractivity contribution in [3.8, 4) is 0 Å². The minimum absolute atomic E-state index is 0.226. The third kappa shape index (κ3) is 5.78. The number of carbonyl (C=O) groups excluding carboxylic acids is 1. The zero-order valence-corrected chi connectivity index (χ0v) is 13.6. The number of amides is 1. The number of hydrogen-bond acceptors (Lipinski definition) is 3. The summed E-state index contributed by atoms with van der Waals surface area (Å²) in [6, 6.07) is 10.5. The van der Waals surface area contributed by atoms with Crippen molar-refractivity contribution in [2.45, 2.75) is 38.2 Å². The molecule has 0 saturated carbocycles. The molecule has 4 heteroatoms. The summed E-state index contributed by atoms with van der Waals surface area (Å²) in [5.41, 5.74) is 1.36. The Morgan fingerprint density at radius 2 is 2.14 bits per heavy atom. The molecule has 1 aromatic carbocycles. The van der Waals surface area contributed by atoms with Crippen LogP contribution >= 0.6 is 0 Å². The van der Waals surface area contributed by atoms with Crippen LogP contribution in [0.15, 0.2) is 30.3 Å². The zero-order chi connectivity index (χ0) is 15.6. The van der Waals surface area contributed by atoms with Gasteiger partial charge in [0.2, 0.25) is 5.91 Å². The van der Waals surface area contributed by atoms with Crippen LogP contribution in [0.1, 0.15) is 31.2 Å². The molecule has 2 rings (SSSR count). The Balaban J connectivity index is 1.57. The molecule has 22 heavy (non-hydrogen) atoms. The van der Waals surface area contributed by atoms with Crippen LogP contribution in [0.3, 0.4) is 0 Å². The number of rotatable bonds is 9. The minimum atomic E-state index is 0.226. The molecule has 0 spiro atoms. The van der Waals surface area contributed by atoms with Crippen molar-refractivity contribution < 1.29 is 9.53 Å². The molecule has 4 nitrogen and oxygen atoms in total. The summed E-state index contributed by atoms with van der Waals surface area (Å²) < 4.78 is 5.92. The van der Waals surface area contributed by atoms with E-state index in [4.69, 9.17) is 4.74 Å². The van der Waals surface area contributed by atoms with Gasteiger partial charge in [-0.05, 0) is 44.8 Å². The molecule has 1 atom stereocenters. The number of likely N-dealkylation sites (tertiary alicyclic amines) is 1. The summed E-state index contributed by atoms with van der Waals surface area (Å²) >= 11 is 0. The predicted molar refractivity (Wildman–Crippen MR) is 88.9 cm³/mol. The molecule has 1 saturated heterocycles. The van der Waals surface area contributed by atoms with E-state index in [0.29, 0.717) is 6.42 Å². The molecule has 1 N–H and O–H groups in total. The van der Waals surface area contributed by atoms with Crippen LogP contribution in [0.5, 0.6) is 0 Å². The average Bonchev–Trinajstić information content (AvgIpc) is 3.02. The SMILES string of the molecule is CNCCCC(=O)N1CCC(OCCCc2ccccc2)C1. The van der Waals surface area contributed by atoms with E-state index >= 15 is 0 Å². The molecule has 1 amide bonds. The summed E-state index contributed by atoms with van der Waals surface area (Å²) in [6.45, 7) is 3.30. The summed E-state index contributed by atoms with van der Waals surface area (Å²) in [4.78, 5) is 14.0. The van der Waals surface area contributed by atoms with Crippen LogP contribution in [-0.2, 0) is 16.0 Å². The van der Waals surface area contributed by atoms with Gasteiger partial charge in [0.25, 0.3) is 0 Å². The van der Waals surface area contributed by atoms with Gasteiger partial charge in [0.05, 0.1) is 6.10 Å². The lowest BCUT2D eigenvalue weighted by molar-refractivity contribution is -0.130. The van der Waals surface area contributed by atoms with Gasteiger partial charge < -0.3 is 15.0 Å². The van der Waals surface area contributed by atoms with Crippen LogP contribution in [0.25, 0.3) is 0 Å². The highest BCUT2D eigenvalue weighted by atomic mass is 16.5. The van der Waals surface area contributed by atoms with Gasteiger partial charge in [0.15, 0.2) is 0 Å². The maximum Gasteiger partial charge on any atom is 0.222 e. The van der Waals surface area contributed by atoms with E-state index in [9.17, 15) is 4.79 Å². The third-order valence-corrected chi connectivity index (χ3v) is 4.12. The quantitative estimate of drug-likeness (QED) is 0.711. The lowest BCUT2D eigenvalue weighted by Crippen LogP contribution is -2.30. The molecule has 0 aliphatic carbocycles. The molecule has 1 fully saturated rings. The normalized spacial score (nSPS) is 17.9. The molecule has 122 valence electrons. The van der Waals surface area contributed by atoms with Crippen molar-refractivity contribution in [1.29, 1.82) is 0 Å². The second-order valence-corrected chi connectivity index (χ2v) is 5.92. The highest BCUT2D eigenvalue weighted by Gasteiger charge is 2.26. The standard InChI is InChI=1S/C18H28N2O2/c1-19-12-5-10-18(21)20-13-11-17(15-20)22-14-6-9-16-7-3-2-4-8-16/h2-4,7-8,17,19H,5-6,9-15H2,1H3. The largest absolute Gasteiger partial charge is 0.376 e. The van der Waals surface area contributed by atoms with E-state index in [-0.39, 0.29) is 12.0 Å². The monoisotopic (exact) mass is 304 g/mol. The van der Waals surface area contributed by atoms with Crippen molar-refractivity contribution >= 4 is 5.91 Å². The maximum absolute atomic E-state index is 12.0. The van der Waals surface area contributed by atoms with Gasteiger partial charge >= 0.3 is 0 Å². The van der Waals surface area contributed by atoms with Crippen molar-refractivity contribution in [3.05, 3.63) is 35.9 Å². The third-order valence-electron chi connectivity index (χ3n) is 4.12. The molecule has 1 aliphatic heterocycles. The number of carbonyl (C=O) groups is 1. The van der Waals surface area contributed by atoms with E-state index < -0.39 is 0 Å². The number of hydrogen-bond donors (Lipinski definition) is 1.